The van der Waals surface area contributed by atoms with Gasteiger partial charge >= 0.3 is 0 Å². The smallest absolute Gasteiger partial charge is 0.258 e. The molecule has 0 aliphatic carbocycles. The van der Waals surface area contributed by atoms with Crippen molar-refractivity contribution >= 4 is 17.5 Å². The molecule has 0 fully saturated rings. The van der Waals surface area contributed by atoms with Gasteiger partial charge in [0.25, 0.3) is 5.91 Å². The fraction of sp³-hybridized carbons (Fsp3) is 0.429. The summed E-state index contributed by atoms with van der Waals surface area (Å²) in [4.78, 5) is 11.4. The van der Waals surface area contributed by atoms with Crippen LogP contribution in [-0.4, -0.2) is 25.1 Å². The zero-order chi connectivity index (χ0) is 15.0. The van der Waals surface area contributed by atoms with Gasteiger partial charge in [-0.2, -0.15) is 5.26 Å². The lowest BCUT2D eigenvalue weighted by molar-refractivity contribution is -0.122. The van der Waals surface area contributed by atoms with Crippen molar-refractivity contribution in [3.05, 3.63) is 28.8 Å². The van der Waals surface area contributed by atoms with Crippen LogP contribution < -0.4 is 15.4 Å². The van der Waals surface area contributed by atoms with E-state index < -0.39 is 0 Å². The van der Waals surface area contributed by atoms with Gasteiger partial charge in [-0.25, -0.2) is 0 Å². The Morgan fingerprint density at radius 2 is 2.25 bits per heavy atom. The molecule has 108 valence electrons. The molecule has 0 aliphatic heterocycles. The molecule has 1 aromatic rings. The maximum Gasteiger partial charge on any atom is 0.258 e. The predicted octanol–water partition coefficient (Wildman–Crippen LogP) is 1.86. The van der Waals surface area contributed by atoms with Gasteiger partial charge in [0.05, 0.1) is 6.07 Å². The molecule has 0 spiro atoms. The maximum atomic E-state index is 11.4. The zero-order valence-corrected chi connectivity index (χ0v) is 12.3. The van der Waals surface area contributed by atoms with Gasteiger partial charge in [0.1, 0.15) is 12.3 Å². The highest BCUT2D eigenvalue weighted by Crippen LogP contribution is 2.26. The molecule has 1 amide bonds. The summed E-state index contributed by atoms with van der Waals surface area (Å²) in [6.45, 7) is 4.46. The normalized spacial score (nSPS) is 10.2. The van der Waals surface area contributed by atoms with Crippen LogP contribution in [-0.2, 0) is 11.3 Å². The second-order valence-electron chi connectivity index (χ2n) is 4.48. The summed E-state index contributed by atoms with van der Waals surface area (Å²) >= 11 is 6.15. The summed E-state index contributed by atoms with van der Waals surface area (Å²) in [7, 11) is 0. The summed E-state index contributed by atoms with van der Waals surface area (Å²) in [5.41, 5.74) is 0.816. The van der Waals surface area contributed by atoms with E-state index in [-0.39, 0.29) is 19.1 Å². The Kier molecular flexibility index (Phi) is 6.85. The van der Waals surface area contributed by atoms with Crippen LogP contribution in [0, 0.1) is 11.3 Å². The van der Waals surface area contributed by atoms with Crippen molar-refractivity contribution < 1.29 is 9.53 Å². The van der Waals surface area contributed by atoms with E-state index in [1.54, 1.807) is 18.2 Å². The summed E-state index contributed by atoms with van der Waals surface area (Å²) in [6.07, 6.45) is 0. The van der Waals surface area contributed by atoms with Crippen LogP contribution in [0.15, 0.2) is 18.2 Å². The van der Waals surface area contributed by atoms with Gasteiger partial charge in [-0.1, -0.05) is 31.5 Å². The van der Waals surface area contributed by atoms with Crippen LogP contribution in [0.25, 0.3) is 0 Å². The molecule has 6 heteroatoms. The van der Waals surface area contributed by atoms with E-state index in [4.69, 9.17) is 21.6 Å². The van der Waals surface area contributed by atoms with Crippen molar-refractivity contribution in [1.82, 2.24) is 10.6 Å². The van der Waals surface area contributed by atoms with Gasteiger partial charge in [0.2, 0.25) is 0 Å². The summed E-state index contributed by atoms with van der Waals surface area (Å²) < 4.78 is 5.46. The molecule has 2 N–H and O–H groups in total. The van der Waals surface area contributed by atoms with Crippen molar-refractivity contribution in [3.8, 4) is 11.8 Å². The number of amides is 1. The highest BCUT2D eigenvalue weighted by molar-refractivity contribution is 6.31. The summed E-state index contributed by atoms with van der Waals surface area (Å²) in [5, 5.41) is 14.6. The average Bonchev–Trinajstić information content (AvgIpc) is 2.41. The number of nitriles is 1. The van der Waals surface area contributed by atoms with Gasteiger partial charge in [0, 0.05) is 23.2 Å². The number of carbonyl (C=O) groups excluding carboxylic acids is 1. The fourth-order valence-electron chi connectivity index (χ4n) is 1.48. The van der Waals surface area contributed by atoms with Gasteiger partial charge < -0.3 is 15.4 Å². The van der Waals surface area contributed by atoms with Gasteiger partial charge in [-0.15, -0.1) is 0 Å². The summed E-state index contributed by atoms with van der Waals surface area (Å²) in [6, 6.07) is 7.46. The first-order chi connectivity index (χ1) is 9.54. The molecule has 0 atom stereocenters. The third-order valence-corrected chi connectivity index (χ3v) is 2.84. The highest BCUT2D eigenvalue weighted by Gasteiger charge is 2.10. The van der Waals surface area contributed by atoms with E-state index >= 15 is 0 Å². The highest BCUT2D eigenvalue weighted by atomic mass is 35.5. The Labute approximate surface area is 123 Å². The first-order valence-corrected chi connectivity index (χ1v) is 6.69. The lowest BCUT2D eigenvalue weighted by atomic mass is 10.2. The maximum absolute atomic E-state index is 11.4. The van der Waals surface area contributed by atoms with Crippen LogP contribution in [0.2, 0.25) is 5.02 Å². The van der Waals surface area contributed by atoms with E-state index in [1.807, 2.05) is 19.9 Å². The predicted molar refractivity (Wildman–Crippen MR) is 77.5 cm³/mol. The minimum absolute atomic E-state index is 0.0283. The van der Waals surface area contributed by atoms with Crippen LogP contribution in [0.3, 0.4) is 0 Å². The minimum atomic E-state index is -0.339. The Balaban J connectivity index is 2.67. The molecule has 0 aromatic heterocycles. The lowest BCUT2D eigenvalue weighted by Crippen LogP contribution is -2.29. The molecule has 0 saturated carbocycles. The number of benzene rings is 1. The largest absolute Gasteiger partial charge is 0.483 e. The Bertz CT molecular complexity index is 498. The molecule has 0 radical (unpaired) electrons. The van der Waals surface area contributed by atoms with Gasteiger partial charge in [0.15, 0.2) is 6.61 Å². The van der Waals surface area contributed by atoms with Crippen LogP contribution >= 0.6 is 11.6 Å². The number of rotatable bonds is 7. The van der Waals surface area contributed by atoms with Crippen molar-refractivity contribution in [1.29, 1.82) is 5.26 Å². The first-order valence-electron chi connectivity index (χ1n) is 6.31. The van der Waals surface area contributed by atoms with Crippen LogP contribution in [0.4, 0.5) is 0 Å². The number of carbonyl (C=O) groups is 1. The molecule has 0 heterocycles. The number of ether oxygens (including phenoxy) is 1. The third kappa shape index (κ3) is 5.47. The number of hydrogen-bond donors (Lipinski definition) is 2. The quantitative estimate of drug-likeness (QED) is 0.753. The standard InChI is InChI=1S/C14H18ClN3O2/c1-10(2)18-8-11-12(15)4-3-5-13(11)20-9-14(19)17-7-6-16/h3-5,10,18H,7-9H2,1-2H3,(H,17,19). The Hall–Kier alpha value is -1.77. The Morgan fingerprint density at radius 3 is 2.90 bits per heavy atom. The molecule has 1 rings (SSSR count). The topological polar surface area (TPSA) is 74.2 Å². The molecule has 20 heavy (non-hydrogen) atoms. The minimum Gasteiger partial charge on any atom is -0.483 e. The monoisotopic (exact) mass is 295 g/mol. The molecule has 0 bridgehead atoms. The molecular formula is C14H18ClN3O2. The molecule has 0 aliphatic rings. The second-order valence-corrected chi connectivity index (χ2v) is 4.88. The van der Waals surface area contributed by atoms with Gasteiger partial charge in [-0.3, -0.25) is 4.79 Å². The van der Waals surface area contributed by atoms with Crippen molar-refractivity contribution in [2.75, 3.05) is 13.2 Å². The zero-order valence-electron chi connectivity index (χ0n) is 11.6. The van der Waals surface area contributed by atoms with E-state index in [1.165, 1.54) is 0 Å². The average molecular weight is 296 g/mol. The van der Waals surface area contributed by atoms with Crippen molar-refractivity contribution in [2.24, 2.45) is 0 Å². The molecule has 1 aromatic carbocycles. The fourth-order valence-corrected chi connectivity index (χ4v) is 1.72. The van der Waals surface area contributed by atoms with Crippen LogP contribution in [0.5, 0.6) is 5.75 Å². The van der Waals surface area contributed by atoms with Crippen molar-refractivity contribution in [2.45, 2.75) is 26.4 Å². The third-order valence-electron chi connectivity index (χ3n) is 2.49. The molecular weight excluding hydrogens is 278 g/mol. The molecule has 0 unspecified atom stereocenters. The van der Waals surface area contributed by atoms with E-state index in [2.05, 4.69) is 10.6 Å². The number of hydrogen-bond acceptors (Lipinski definition) is 4. The van der Waals surface area contributed by atoms with Gasteiger partial charge in [-0.05, 0) is 12.1 Å². The van der Waals surface area contributed by atoms with E-state index in [0.29, 0.717) is 23.4 Å². The SMILES string of the molecule is CC(C)NCc1c(Cl)cccc1OCC(=O)NCC#N. The number of nitrogens with zero attached hydrogens (tertiary/aromatic N) is 1. The number of halogens is 1. The molecule has 5 nitrogen and oxygen atoms in total. The summed E-state index contributed by atoms with van der Waals surface area (Å²) in [5.74, 6) is 0.229. The number of nitrogens with one attached hydrogen (secondary N) is 2. The Morgan fingerprint density at radius 1 is 1.50 bits per heavy atom. The van der Waals surface area contributed by atoms with Crippen molar-refractivity contribution in [3.63, 3.8) is 0 Å². The first kappa shape index (κ1) is 16.3. The second kappa shape index (κ2) is 8.41. The van der Waals surface area contributed by atoms with Crippen LogP contribution in [0.1, 0.15) is 19.4 Å². The molecule has 0 saturated heterocycles. The van der Waals surface area contributed by atoms with E-state index in [0.717, 1.165) is 5.56 Å². The lowest BCUT2D eigenvalue weighted by Gasteiger charge is -2.14. The van der Waals surface area contributed by atoms with E-state index in [9.17, 15) is 4.79 Å².